The number of fused-ring (bicyclic) bond motifs is 1. The summed E-state index contributed by atoms with van der Waals surface area (Å²) in [5.74, 6) is 0.515. The van der Waals surface area contributed by atoms with Crippen LogP contribution in [0.5, 0.6) is 5.75 Å². The first-order chi connectivity index (χ1) is 16.1. The van der Waals surface area contributed by atoms with Crippen molar-refractivity contribution in [2.75, 3.05) is 7.11 Å². The smallest absolute Gasteiger partial charge is 0.263 e. The maximum atomic E-state index is 13.4. The molecular formula is C27H23N3O3. The molecule has 0 aliphatic carbocycles. The van der Waals surface area contributed by atoms with Gasteiger partial charge in [-0.3, -0.25) is 9.59 Å². The zero-order valence-corrected chi connectivity index (χ0v) is 18.2. The molecule has 164 valence electrons. The van der Waals surface area contributed by atoms with Gasteiger partial charge in [0.1, 0.15) is 12.3 Å². The maximum absolute atomic E-state index is 13.4. The molecule has 1 atom stereocenters. The summed E-state index contributed by atoms with van der Waals surface area (Å²) in [6.07, 6.45) is 2.26. The predicted molar refractivity (Wildman–Crippen MR) is 128 cm³/mol. The third-order valence-corrected chi connectivity index (χ3v) is 5.97. The molecule has 1 aliphatic rings. The molecule has 0 saturated heterocycles. The van der Waals surface area contributed by atoms with E-state index < -0.39 is 0 Å². The van der Waals surface area contributed by atoms with E-state index in [0.29, 0.717) is 11.8 Å². The van der Waals surface area contributed by atoms with Gasteiger partial charge in [0.15, 0.2) is 0 Å². The fourth-order valence-corrected chi connectivity index (χ4v) is 4.20. The first-order valence-corrected chi connectivity index (χ1v) is 10.8. The second-order valence-corrected chi connectivity index (χ2v) is 7.98. The lowest BCUT2D eigenvalue weighted by atomic mass is 9.98. The molecule has 0 saturated carbocycles. The van der Waals surface area contributed by atoms with Crippen LogP contribution in [0.1, 0.15) is 23.6 Å². The third kappa shape index (κ3) is 4.03. The van der Waals surface area contributed by atoms with Crippen molar-refractivity contribution < 1.29 is 9.53 Å². The summed E-state index contributed by atoms with van der Waals surface area (Å²) < 4.78 is 6.73. The van der Waals surface area contributed by atoms with E-state index in [2.05, 4.69) is 0 Å². The molecule has 2 heterocycles. The fraction of sp³-hybridized carbons (Fsp3) is 0.148. The molecule has 1 aliphatic heterocycles. The minimum atomic E-state index is -0.255. The van der Waals surface area contributed by atoms with Crippen LogP contribution >= 0.6 is 0 Å². The zero-order chi connectivity index (χ0) is 22.8. The van der Waals surface area contributed by atoms with Crippen LogP contribution < -0.4 is 10.3 Å². The number of nitrogens with zero attached hydrogens (tertiary/aromatic N) is 3. The molecule has 1 aromatic heterocycles. The number of carbonyl (C=O) groups is 1. The van der Waals surface area contributed by atoms with E-state index in [4.69, 9.17) is 9.84 Å². The number of amides is 1. The first kappa shape index (κ1) is 20.7. The van der Waals surface area contributed by atoms with E-state index in [1.807, 2.05) is 78.9 Å². The fourth-order valence-electron chi connectivity index (χ4n) is 4.20. The Bertz CT molecular complexity index is 1390. The summed E-state index contributed by atoms with van der Waals surface area (Å²) in [5, 5.41) is 7.67. The van der Waals surface area contributed by atoms with Gasteiger partial charge in [-0.05, 0) is 40.8 Å². The van der Waals surface area contributed by atoms with Gasteiger partial charge < -0.3 is 9.30 Å². The van der Waals surface area contributed by atoms with Crippen molar-refractivity contribution >= 4 is 22.4 Å². The molecule has 0 radical (unpaired) electrons. The highest BCUT2D eigenvalue weighted by Crippen LogP contribution is 2.33. The molecule has 33 heavy (non-hydrogen) atoms. The Kier molecular flexibility index (Phi) is 5.48. The van der Waals surface area contributed by atoms with Crippen LogP contribution in [0.3, 0.4) is 0 Å². The Hall–Kier alpha value is -4.19. The number of benzene rings is 3. The van der Waals surface area contributed by atoms with Crippen molar-refractivity contribution in [3.05, 3.63) is 113 Å². The largest absolute Gasteiger partial charge is 0.497 e. The number of methoxy groups -OCH3 is 1. The summed E-state index contributed by atoms with van der Waals surface area (Å²) in [5.41, 5.74) is 2.60. The van der Waals surface area contributed by atoms with Crippen LogP contribution in [0, 0.1) is 0 Å². The molecule has 1 amide bonds. The number of ether oxygens (including phenoxy) is 1. The van der Waals surface area contributed by atoms with E-state index in [9.17, 15) is 9.59 Å². The van der Waals surface area contributed by atoms with Crippen molar-refractivity contribution in [1.82, 2.24) is 9.58 Å². The standard InChI is InChI=1S/C27H23N3O3/c1-33-22-13-11-21(12-14-22)25-17-24(20-8-3-2-4-9-20)28-30(25)26(31)18-29-16-15-19-7-5-6-10-23(19)27(29)32/h2-16,25H,17-18H2,1H3/t25-/m0/s1. The van der Waals surface area contributed by atoms with E-state index in [1.54, 1.807) is 19.4 Å². The minimum absolute atomic E-state index is 0.0815. The first-order valence-electron chi connectivity index (χ1n) is 10.8. The molecule has 5 rings (SSSR count). The average Bonchev–Trinajstić information content (AvgIpc) is 3.32. The summed E-state index contributed by atoms with van der Waals surface area (Å²) in [4.78, 5) is 26.4. The normalized spacial score (nSPS) is 15.5. The third-order valence-electron chi connectivity index (χ3n) is 5.97. The van der Waals surface area contributed by atoms with Gasteiger partial charge in [-0.25, -0.2) is 5.01 Å². The Balaban J connectivity index is 1.49. The van der Waals surface area contributed by atoms with Crippen molar-refractivity contribution in [3.8, 4) is 5.75 Å². The maximum Gasteiger partial charge on any atom is 0.263 e. The van der Waals surface area contributed by atoms with Crippen molar-refractivity contribution in [3.63, 3.8) is 0 Å². The van der Waals surface area contributed by atoms with Gasteiger partial charge in [-0.15, -0.1) is 0 Å². The number of carbonyl (C=O) groups excluding carboxylic acids is 1. The van der Waals surface area contributed by atoms with Crippen LogP contribution in [-0.2, 0) is 11.3 Å². The quantitative estimate of drug-likeness (QED) is 0.465. The van der Waals surface area contributed by atoms with Gasteiger partial charge >= 0.3 is 0 Å². The van der Waals surface area contributed by atoms with Gasteiger partial charge in [0.05, 0.1) is 18.9 Å². The predicted octanol–water partition coefficient (Wildman–Crippen LogP) is 4.39. The van der Waals surface area contributed by atoms with Crippen molar-refractivity contribution in [2.24, 2.45) is 5.10 Å². The number of rotatable bonds is 5. The van der Waals surface area contributed by atoms with Crippen molar-refractivity contribution in [1.29, 1.82) is 0 Å². The molecule has 3 aromatic carbocycles. The molecular weight excluding hydrogens is 414 g/mol. The van der Waals surface area contributed by atoms with Gasteiger partial charge in [0, 0.05) is 18.0 Å². The zero-order valence-electron chi connectivity index (χ0n) is 18.2. The van der Waals surface area contributed by atoms with Crippen molar-refractivity contribution in [2.45, 2.75) is 19.0 Å². The number of aromatic nitrogens is 1. The summed E-state index contributed by atoms with van der Waals surface area (Å²) in [6, 6.07) is 26.5. The Morgan fingerprint density at radius 1 is 0.970 bits per heavy atom. The Labute approximate surface area is 191 Å². The lowest BCUT2D eigenvalue weighted by Crippen LogP contribution is -2.33. The van der Waals surface area contributed by atoms with Gasteiger partial charge in [0.2, 0.25) is 0 Å². The molecule has 0 spiro atoms. The van der Waals surface area contributed by atoms with E-state index >= 15 is 0 Å². The average molecular weight is 437 g/mol. The van der Waals surface area contributed by atoms with E-state index in [1.165, 1.54) is 9.58 Å². The highest BCUT2D eigenvalue weighted by atomic mass is 16.5. The highest BCUT2D eigenvalue weighted by Gasteiger charge is 2.33. The summed E-state index contributed by atoms with van der Waals surface area (Å²) >= 11 is 0. The number of hydrogen-bond donors (Lipinski definition) is 0. The van der Waals surface area contributed by atoms with Crippen LogP contribution in [0.15, 0.2) is 101 Å². The number of hydrazone groups is 1. The van der Waals surface area contributed by atoms with Crippen LogP contribution in [0.25, 0.3) is 10.8 Å². The summed E-state index contributed by atoms with van der Waals surface area (Å²) in [6.45, 7) is -0.0815. The monoisotopic (exact) mass is 437 g/mol. The number of hydrogen-bond acceptors (Lipinski definition) is 4. The second-order valence-electron chi connectivity index (χ2n) is 7.98. The molecule has 0 bridgehead atoms. The van der Waals surface area contributed by atoms with Gasteiger partial charge in [-0.1, -0.05) is 60.7 Å². The lowest BCUT2D eigenvalue weighted by Gasteiger charge is -2.22. The molecule has 0 fully saturated rings. The van der Waals surface area contributed by atoms with Crippen LogP contribution in [-0.4, -0.2) is 28.3 Å². The molecule has 0 N–H and O–H groups in total. The Morgan fingerprint density at radius 2 is 1.70 bits per heavy atom. The molecule has 6 nitrogen and oxygen atoms in total. The number of pyridine rings is 1. The van der Waals surface area contributed by atoms with E-state index in [-0.39, 0.29) is 24.1 Å². The SMILES string of the molecule is COc1ccc([C@@H]2CC(c3ccccc3)=NN2C(=O)Cn2ccc3ccccc3c2=O)cc1. The van der Waals surface area contributed by atoms with Crippen LogP contribution in [0.2, 0.25) is 0 Å². The Morgan fingerprint density at radius 3 is 2.45 bits per heavy atom. The summed E-state index contributed by atoms with van der Waals surface area (Å²) in [7, 11) is 1.62. The highest BCUT2D eigenvalue weighted by molar-refractivity contribution is 6.03. The van der Waals surface area contributed by atoms with Crippen LogP contribution in [0.4, 0.5) is 0 Å². The molecule has 4 aromatic rings. The molecule has 0 unspecified atom stereocenters. The van der Waals surface area contributed by atoms with Gasteiger partial charge in [-0.2, -0.15) is 5.10 Å². The van der Waals surface area contributed by atoms with E-state index in [0.717, 1.165) is 28.0 Å². The second kappa shape index (κ2) is 8.74. The lowest BCUT2D eigenvalue weighted by molar-refractivity contribution is -0.133. The minimum Gasteiger partial charge on any atom is -0.497 e. The molecule has 6 heteroatoms. The van der Waals surface area contributed by atoms with Gasteiger partial charge in [0.25, 0.3) is 11.5 Å². The topological polar surface area (TPSA) is 63.9 Å².